The number of nitrogens with zero attached hydrogens (tertiary/aromatic N) is 2. The number of carbonyl (C=O) groups is 2. The predicted molar refractivity (Wildman–Crippen MR) is 92.6 cm³/mol. The van der Waals surface area contributed by atoms with E-state index in [9.17, 15) is 9.59 Å². The number of methoxy groups -OCH3 is 1. The average Bonchev–Trinajstić information content (AvgIpc) is 2.58. The van der Waals surface area contributed by atoms with Crippen molar-refractivity contribution < 1.29 is 23.8 Å². The molecule has 1 aromatic rings. The Labute approximate surface area is 148 Å². The summed E-state index contributed by atoms with van der Waals surface area (Å²) in [7, 11) is 1.59. The summed E-state index contributed by atoms with van der Waals surface area (Å²) in [6.07, 6.45) is -0.733. The van der Waals surface area contributed by atoms with E-state index in [1.165, 1.54) is 0 Å². The maximum atomic E-state index is 12.2. The van der Waals surface area contributed by atoms with E-state index in [0.717, 1.165) is 11.3 Å². The molecule has 2 rings (SSSR count). The van der Waals surface area contributed by atoms with E-state index in [1.807, 2.05) is 45.0 Å². The van der Waals surface area contributed by atoms with E-state index in [2.05, 4.69) is 0 Å². The second-order valence-corrected chi connectivity index (χ2v) is 6.86. The molecule has 7 heteroatoms. The van der Waals surface area contributed by atoms with E-state index < -0.39 is 5.60 Å². The molecule has 0 N–H and O–H groups in total. The van der Waals surface area contributed by atoms with Gasteiger partial charge in [0.15, 0.2) is 0 Å². The summed E-state index contributed by atoms with van der Waals surface area (Å²) in [6.45, 7) is 7.40. The number of amides is 2. The van der Waals surface area contributed by atoms with E-state index in [-0.39, 0.29) is 18.8 Å². The molecule has 0 aromatic heterocycles. The zero-order chi connectivity index (χ0) is 18.4. The summed E-state index contributed by atoms with van der Waals surface area (Å²) in [6, 6.07) is 7.38. The monoisotopic (exact) mass is 350 g/mol. The number of carbonyl (C=O) groups excluding carboxylic acids is 2. The van der Waals surface area contributed by atoms with Crippen molar-refractivity contribution in [3.63, 3.8) is 0 Å². The van der Waals surface area contributed by atoms with Crippen LogP contribution in [-0.2, 0) is 16.1 Å². The Morgan fingerprint density at radius 2 is 1.64 bits per heavy atom. The highest BCUT2D eigenvalue weighted by molar-refractivity contribution is 5.70. The highest BCUT2D eigenvalue weighted by Gasteiger charge is 2.28. The van der Waals surface area contributed by atoms with Gasteiger partial charge < -0.3 is 24.0 Å². The molecule has 1 aromatic carbocycles. The number of hydrogen-bond donors (Lipinski definition) is 0. The first-order valence-electron chi connectivity index (χ1n) is 8.31. The van der Waals surface area contributed by atoms with Gasteiger partial charge in [0.2, 0.25) is 0 Å². The number of benzene rings is 1. The molecule has 0 saturated carbocycles. The molecule has 1 aliphatic rings. The molecule has 1 fully saturated rings. The molecular weight excluding hydrogens is 324 g/mol. The molecule has 2 amide bonds. The third kappa shape index (κ3) is 5.85. The van der Waals surface area contributed by atoms with E-state index in [1.54, 1.807) is 16.9 Å². The highest BCUT2D eigenvalue weighted by Crippen LogP contribution is 2.15. The molecule has 138 valence electrons. The lowest BCUT2D eigenvalue weighted by Crippen LogP contribution is -2.51. The van der Waals surface area contributed by atoms with Crippen LogP contribution in [0.4, 0.5) is 9.59 Å². The number of hydrogen-bond acceptors (Lipinski definition) is 5. The first-order valence-corrected chi connectivity index (χ1v) is 8.31. The summed E-state index contributed by atoms with van der Waals surface area (Å²) >= 11 is 0. The number of rotatable bonds is 3. The van der Waals surface area contributed by atoms with E-state index >= 15 is 0 Å². The fourth-order valence-corrected chi connectivity index (χ4v) is 2.40. The van der Waals surface area contributed by atoms with Crippen molar-refractivity contribution >= 4 is 12.2 Å². The molecule has 25 heavy (non-hydrogen) atoms. The quantitative estimate of drug-likeness (QED) is 0.838. The predicted octanol–water partition coefficient (Wildman–Crippen LogP) is 2.88. The molecule has 0 bridgehead atoms. The average molecular weight is 350 g/mol. The van der Waals surface area contributed by atoms with Crippen molar-refractivity contribution in [1.82, 2.24) is 9.80 Å². The smallest absolute Gasteiger partial charge is 0.410 e. The summed E-state index contributed by atoms with van der Waals surface area (Å²) in [5.74, 6) is 0.722. The molecule has 0 atom stereocenters. The van der Waals surface area contributed by atoms with Gasteiger partial charge in [-0.25, -0.2) is 9.59 Å². The minimum absolute atomic E-state index is 0.183. The molecule has 0 spiro atoms. The van der Waals surface area contributed by atoms with Gasteiger partial charge in [-0.1, -0.05) is 12.1 Å². The van der Waals surface area contributed by atoms with Crippen LogP contribution in [0.15, 0.2) is 24.3 Å². The van der Waals surface area contributed by atoms with Crippen molar-refractivity contribution in [2.45, 2.75) is 33.0 Å². The Morgan fingerprint density at radius 1 is 1.04 bits per heavy atom. The zero-order valence-electron chi connectivity index (χ0n) is 15.3. The lowest BCUT2D eigenvalue weighted by Gasteiger charge is -2.35. The fraction of sp³-hybridized carbons (Fsp3) is 0.556. The first-order chi connectivity index (χ1) is 11.8. The van der Waals surface area contributed by atoms with E-state index in [0.29, 0.717) is 26.2 Å². The summed E-state index contributed by atoms with van der Waals surface area (Å²) in [5, 5.41) is 0. The third-order valence-electron chi connectivity index (χ3n) is 3.69. The van der Waals surface area contributed by atoms with Crippen LogP contribution >= 0.6 is 0 Å². The maximum Gasteiger partial charge on any atom is 0.410 e. The fourth-order valence-electron chi connectivity index (χ4n) is 2.40. The summed E-state index contributed by atoms with van der Waals surface area (Å²) < 4.78 is 15.8. The van der Waals surface area contributed by atoms with Gasteiger partial charge in [0.1, 0.15) is 18.0 Å². The van der Waals surface area contributed by atoms with Gasteiger partial charge in [-0.15, -0.1) is 0 Å². The lowest BCUT2D eigenvalue weighted by atomic mass is 10.2. The molecule has 1 heterocycles. The van der Waals surface area contributed by atoms with Crippen LogP contribution in [-0.4, -0.2) is 60.9 Å². The molecule has 1 saturated heterocycles. The normalized spacial score (nSPS) is 14.9. The van der Waals surface area contributed by atoms with Crippen molar-refractivity contribution in [2.24, 2.45) is 0 Å². The Balaban J connectivity index is 1.78. The Kier molecular flexibility index (Phi) is 6.12. The van der Waals surface area contributed by atoms with Crippen molar-refractivity contribution in [3.8, 4) is 5.75 Å². The summed E-state index contributed by atoms with van der Waals surface area (Å²) in [5.41, 5.74) is 0.337. The maximum absolute atomic E-state index is 12.2. The second kappa shape index (κ2) is 8.09. The van der Waals surface area contributed by atoms with Gasteiger partial charge in [0.05, 0.1) is 7.11 Å². The molecule has 0 aliphatic carbocycles. The largest absolute Gasteiger partial charge is 0.497 e. The van der Waals surface area contributed by atoms with E-state index in [4.69, 9.17) is 14.2 Å². The standard InChI is InChI=1S/C18H26N2O5/c1-18(2,3)25-17(22)20-10-8-19(9-11-20)16(21)24-13-14-6-5-7-15(12-14)23-4/h5-7,12H,8-11,13H2,1-4H3. The summed E-state index contributed by atoms with van der Waals surface area (Å²) in [4.78, 5) is 27.4. The van der Waals surface area contributed by atoms with Gasteiger partial charge in [-0.05, 0) is 38.5 Å². The topological polar surface area (TPSA) is 68.3 Å². The van der Waals surface area contributed by atoms with Gasteiger partial charge in [-0.2, -0.15) is 0 Å². The van der Waals surface area contributed by atoms with Crippen LogP contribution in [0.25, 0.3) is 0 Å². The van der Waals surface area contributed by atoms with Crippen LogP contribution < -0.4 is 4.74 Å². The molecule has 0 radical (unpaired) electrons. The van der Waals surface area contributed by atoms with Crippen molar-refractivity contribution in [3.05, 3.63) is 29.8 Å². The van der Waals surface area contributed by atoms with Gasteiger partial charge in [-0.3, -0.25) is 0 Å². The van der Waals surface area contributed by atoms with Crippen LogP contribution in [0.5, 0.6) is 5.75 Å². The minimum Gasteiger partial charge on any atom is -0.497 e. The molecule has 7 nitrogen and oxygen atoms in total. The van der Waals surface area contributed by atoms with Crippen LogP contribution in [0.3, 0.4) is 0 Å². The second-order valence-electron chi connectivity index (χ2n) is 6.86. The van der Waals surface area contributed by atoms with Crippen LogP contribution in [0.1, 0.15) is 26.3 Å². The number of ether oxygens (including phenoxy) is 3. The number of piperazine rings is 1. The van der Waals surface area contributed by atoms with Crippen molar-refractivity contribution in [2.75, 3.05) is 33.3 Å². The Hall–Kier alpha value is -2.44. The lowest BCUT2D eigenvalue weighted by molar-refractivity contribution is 0.0125. The highest BCUT2D eigenvalue weighted by atomic mass is 16.6. The zero-order valence-corrected chi connectivity index (χ0v) is 15.3. The molecular formula is C18H26N2O5. The first kappa shape index (κ1) is 18.9. The van der Waals surface area contributed by atoms with Crippen LogP contribution in [0.2, 0.25) is 0 Å². The van der Waals surface area contributed by atoms with Crippen LogP contribution in [0, 0.1) is 0 Å². The molecule has 1 aliphatic heterocycles. The Morgan fingerprint density at radius 3 is 2.20 bits per heavy atom. The minimum atomic E-state index is -0.524. The van der Waals surface area contributed by atoms with Gasteiger partial charge >= 0.3 is 12.2 Å². The van der Waals surface area contributed by atoms with Gasteiger partial charge in [0, 0.05) is 26.2 Å². The Bertz CT molecular complexity index is 604. The molecule has 0 unspecified atom stereocenters. The van der Waals surface area contributed by atoms with Crippen molar-refractivity contribution in [1.29, 1.82) is 0 Å². The third-order valence-corrected chi connectivity index (χ3v) is 3.69. The SMILES string of the molecule is COc1cccc(COC(=O)N2CCN(C(=O)OC(C)(C)C)CC2)c1. The van der Waals surface area contributed by atoms with Gasteiger partial charge in [0.25, 0.3) is 0 Å².